The fourth-order valence-electron chi connectivity index (χ4n) is 4.07. The smallest absolute Gasteiger partial charge is 0.409 e. The molecule has 0 radical (unpaired) electrons. The first-order valence-corrected chi connectivity index (χ1v) is 14.3. The topological polar surface area (TPSA) is 106 Å². The first kappa shape index (κ1) is 33.6. The van der Waals surface area contributed by atoms with Crippen molar-refractivity contribution >= 4 is 18.5 Å². The normalized spacial score (nSPS) is 14.9. The van der Waals surface area contributed by atoms with Crippen LogP contribution in [0, 0.1) is 0 Å². The average molecular weight is 539 g/mol. The zero-order chi connectivity index (χ0) is 27.8. The minimum Gasteiger partial charge on any atom is -0.462 e. The number of aliphatic hydroxyl groups is 1. The number of likely N-dealkylation sites (N-methyl/N-ethyl adjacent to an activating group) is 1. The summed E-state index contributed by atoms with van der Waals surface area (Å²) >= 11 is 0. The number of carbonyl (C=O) groups excluding carboxylic acids is 3. The van der Waals surface area contributed by atoms with E-state index in [0.29, 0.717) is 26.1 Å². The molecular formula is C29H50N2O7. The molecule has 1 fully saturated rings. The van der Waals surface area contributed by atoms with Crippen molar-refractivity contribution in [2.45, 2.75) is 96.1 Å². The van der Waals surface area contributed by atoms with Gasteiger partial charge in [-0.25, -0.2) is 4.79 Å². The second-order valence-electron chi connectivity index (χ2n) is 9.84. The van der Waals surface area contributed by atoms with Crippen LogP contribution >= 0.6 is 0 Å². The minimum absolute atomic E-state index is 0.0149. The molecule has 1 rings (SSSR count). The van der Waals surface area contributed by atoms with Crippen LogP contribution in [0.2, 0.25) is 0 Å². The van der Waals surface area contributed by atoms with Crippen LogP contribution in [0.15, 0.2) is 24.3 Å². The van der Waals surface area contributed by atoms with E-state index in [-0.39, 0.29) is 38.3 Å². The van der Waals surface area contributed by atoms with Crippen molar-refractivity contribution in [3.05, 3.63) is 24.3 Å². The number of ether oxygens (including phenoxy) is 3. The van der Waals surface area contributed by atoms with Gasteiger partial charge in [-0.3, -0.25) is 14.5 Å². The monoisotopic (exact) mass is 538 g/mol. The van der Waals surface area contributed by atoms with Crippen LogP contribution in [0.4, 0.5) is 4.79 Å². The number of allylic oxidation sites excluding steroid dienone is 4. The van der Waals surface area contributed by atoms with E-state index < -0.39 is 12.2 Å². The molecule has 0 aromatic carbocycles. The van der Waals surface area contributed by atoms with E-state index in [1.165, 1.54) is 30.6 Å². The van der Waals surface area contributed by atoms with E-state index >= 15 is 0 Å². The molecule has 1 atom stereocenters. The lowest BCUT2D eigenvalue weighted by atomic mass is 10.1. The Labute approximate surface area is 229 Å². The molecule has 38 heavy (non-hydrogen) atoms. The average Bonchev–Trinajstić information content (AvgIpc) is 2.89. The minimum atomic E-state index is -0.842. The molecule has 1 saturated heterocycles. The summed E-state index contributed by atoms with van der Waals surface area (Å²) in [5.74, 6) is -0.350. The maximum Gasteiger partial charge on any atom is 0.409 e. The van der Waals surface area contributed by atoms with Gasteiger partial charge in [0.1, 0.15) is 13.2 Å². The molecule has 1 N–H and O–H groups in total. The molecule has 218 valence electrons. The number of hydrogen-bond acceptors (Lipinski definition) is 8. The Kier molecular flexibility index (Phi) is 20.0. The zero-order valence-electron chi connectivity index (χ0n) is 23.6. The van der Waals surface area contributed by atoms with Gasteiger partial charge in [-0.15, -0.1) is 0 Å². The van der Waals surface area contributed by atoms with Crippen LogP contribution in [0.3, 0.4) is 0 Å². The van der Waals surface area contributed by atoms with Crippen molar-refractivity contribution in [1.29, 1.82) is 0 Å². The van der Waals surface area contributed by atoms with E-state index in [9.17, 15) is 14.4 Å². The maximum absolute atomic E-state index is 12.2. The lowest BCUT2D eigenvalue weighted by Crippen LogP contribution is -2.60. The Morgan fingerprint density at radius 3 is 2.24 bits per heavy atom. The first-order valence-electron chi connectivity index (χ1n) is 14.3. The van der Waals surface area contributed by atoms with Gasteiger partial charge in [-0.2, -0.15) is 0 Å². The summed E-state index contributed by atoms with van der Waals surface area (Å²) in [5, 5.41) is 8.94. The van der Waals surface area contributed by atoms with Crippen molar-refractivity contribution < 1.29 is 33.7 Å². The number of rotatable bonds is 23. The molecular weight excluding hydrogens is 488 g/mol. The highest BCUT2D eigenvalue weighted by Crippen LogP contribution is 2.14. The van der Waals surface area contributed by atoms with Crippen LogP contribution < -0.4 is 0 Å². The maximum atomic E-state index is 12.2. The van der Waals surface area contributed by atoms with Gasteiger partial charge in [0.05, 0.1) is 12.6 Å². The van der Waals surface area contributed by atoms with E-state index in [0.717, 1.165) is 44.9 Å². The number of likely N-dealkylation sites (tertiary alicyclic amines) is 1. The number of nitrogens with zero attached hydrogens (tertiary/aromatic N) is 2. The number of esters is 1. The van der Waals surface area contributed by atoms with Crippen molar-refractivity contribution in [1.82, 2.24) is 9.80 Å². The Bertz CT molecular complexity index is 692. The summed E-state index contributed by atoms with van der Waals surface area (Å²) in [6.45, 7) is 4.15. The first-order chi connectivity index (χ1) is 18.5. The quantitative estimate of drug-likeness (QED) is 0.0660. The highest BCUT2D eigenvalue weighted by Gasteiger charge is 2.32. The van der Waals surface area contributed by atoms with Gasteiger partial charge < -0.3 is 24.2 Å². The van der Waals surface area contributed by atoms with Crippen molar-refractivity contribution in [2.75, 3.05) is 46.5 Å². The van der Waals surface area contributed by atoms with Gasteiger partial charge >= 0.3 is 12.1 Å². The van der Waals surface area contributed by atoms with Gasteiger partial charge in [0.2, 0.25) is 0 Å². The summed E-state index contributed by atoms with van der Waals surface area (Å²) in [4.78, 5) is 38.6. The molecule has 1 aliphatic heterocycles. The third-order valence-corrected chi connectivity index (χ3v) is 6.59. The zero-order valence-corrected chi connectivity index (χ0v) is 23.6. The van der Waals surface area contributed by atoms with Gasteiger partial charge in [0.15, 0.2) is 6.10 Å². The van der Waals surface area contributed by atoms with Gasteiger partial charge in [-0.05, 0) is 38.5 Å². The van der Waals surface area contributed by atoms with Crippen LogP contribution in [0.25, 0.3) is 0 Å². The molecule has 9 nitrogen and oxygen atoms in total. The third-order valence-electron chi connectivity index (χ3n) is 6.59. The molecule has 0 bridgehead atoms. The van der Waals surface area contributed by atoms with Gasteiger partial charge in [-0.1, -0.05) is 63.3 Å². The Morgan fingerprint density at radius 1 is 0.947 bits per heavy atom. The highest BCUT2D eigenvalue weighted by molar-refractivity contribution is 5.69. The number of β-amino-alcohol motifs (C(OH)–C–C–N with tert-alkyl or cyclic N) is 1. The third kappa shape index (κ3) is 16.5. The van der Waals surface area contributed by atoms with Gasteiger partial charge in [0.25, 0.3) is 6.47 Å². The second kappa shape index (κ2) is 22.6. The van der Waals surface area contributed by atoms with Crippen molar-refractivity contribution in [3.63, 3.8) is 0 Å². The van der Waals surface area contributed by atoms with E-state index in [1.807, 2.05) is 4.90 Å². The Hall–Kier alpha value is -2.39. The van der Waals surface area contributed by atoms with Crippen LogP contribution in [-0.4, -0.2) is 92.1 Å². The summed E-state index contributed by atoms with van der Waals surface area (Å²) in [7, 11) is 1.64. The van der Waals surface area contributed by atoms with Crippen LogP contribution in [0.1, 0.15) is 84.0 Å². The van der Waals surface area contributed by atoms with E-state index in [2.05, 4.69) is 31.2 Å². The predicted molar refractivity (Wildman–Crippen MR) is 148 cm³/mol. The number of carbonyl (C=O) groups is 3. The van der Waals surface area contributed by atoms with E-state index in [4.69, 9.17) is 19.3 Å². The Balaban J connectivity index is 2.05. The summed E-state index contributed by atoms with van der Waals surface area (Å²) < 4.78 is 15.4. The summed E-state index contributed by atoms with van der Waals surface area (Å²) in [5.41, 5.74) is 0. The SMILES string of the molecule is CCCCC/C=C\C/C=C\CCCCCCCC(=O)OCC(COC(=O)N(C)C1CN(CCO)C1)OC=O. The van der Waals surface area contributed by atoms with Crippen LogP contribution in [-0.2, 0) is 23.8 Å². The standard InChI is InChI=1S/C29H50N2O7/c1-3-4-5-6-7-8-9-10-11-12-13-14-15-16-17-18-28(34)36-23-27(38-25-33)24-37-29(35)30(2)26-21-31(22-26)19-20-32/h7-8,10-11,25-27,32H,3-6,9,12-24H2,1-2H3/b8-7-,11-10-. The molecule has 0 spiro atoms. The molecule has 0 aliphatic carbocycles. The molecule has 1 unspecified atom stereocenters. The lowest BCUT2D eigenvalue weighted by molar-refractivity contribution is -0.153. The molecule has 9 heteroatoms. The molecule has 1 amide bonds. The largest absolute Gasteiger partial charge is 0.462 e. The molecule has 0 aromatic heterocycles. The highest BCUT2D eigenvalue weighted by atomic mass is 16.6. The number of aliphatic hydroxyl groups excluding tert-OH is 1. The Morgan fingerprint density at radius 2 is 1.58 bits per heavy atom. The van der Waals surface area contributed by atoms with E-state index in [1.54, 1.807) is 7.05 Å². The molecule has 1 heterocycles. The number of amides is 1. The fraction of sp³-hybridized carbons (Fsp3) is 0.759. The van der Waals surface area contributed by atoms with Gasteiger partial charge in [0, 0.05) is 33.1 Å². The predicted octanol–water partition coefficient (Wildman–Crippen LogP) is 4.63. The molecule has 1 aliphatic rings. The summed E-state index contributed by atoms with van der Waals surface area (Å²) in [6.07, 6.45) is 20.2. The number of unbranched alkanes of at least 4 members (excludes halogenated alkanes) is 8. The lowest BCUT2D eigenvalue weighted by Gasteiger charge is -2.43. The van der Waals surface area contributed by atoms with Crippen molar-refractivity contribution in [2.24, 2.45) is 0 Å². The fourth-order valence-corrected chi connectivity index (χ4v) is 4.07. The second-order valence-corrected chi connectivity index (χ2v) is 9.84. The summed E-state index contributed by atoms with van der Waals surface area (Å²) in [6, 6.07) is 0.0149. The van der Waals surface area contributed by atoms with Crippen molar-refractivity contribution in [3.8, 4) is 0 Å². The molecule has 0 saturated carbocycles. The van der Waals surface area contributed by atoms with Crippen LogP contribution in [0.5, 0.6) is 0 Å². The molecule has 0 aromatic rings. The number of hydrogen-bond donors (Lipinski definition) is 1.